The number of hydrogen-bond donors (Lipinski definition) is 1. The van der Waals surface area contributed by atoms with Crippen LogP contribution in [0.5, 0.6) is 17.2 Å². The zero-order chi connectivity index (χ0) is 35.3. The first-order valence-corrected chi connectivity index (χ1v) is 14.4. The van der Waals surface area contributed by atoms with Crippen molar-refractivity contribution >= 4 is 40.6 Å². The number of nitro groups is 1. The highest BCUT2D eigenvalue weighted by molar-refractivity contribution is 6.32. The molecular formula is C30H30Cl2F3N5O7. The van der Waals surface area contributed by atoms with E-state index in [1.165, 1.54) is 23.1 Å². The summed E-state index contributed by atoms with van der Waals surface area (Å²) in [7, 11) is 3.27. The Morgan fingerprint density at radius 2 is 1.72 bits per heavy atom. The van der Waals surface area contributed by atoms with Gasteiger partial charge in [-0.1, -0.05) is 44.0 Å². The number of carbonyl (C=O) groups excluding carboxylic acids is 1. The molecule has 17 heteroatoms. The van der Waals surface area contributed by atoms with E-state index in [0.717, 1.165) is 22.9 Å². The van der Waals surface area contributed by atoms with Gasteiger partial charge in [-0.2, -0.15) is 17.9 Å². The first kappa shape index (κ1) is 36.7. The van der Waals surface area contributed by atoms with E-state index in [1.807, 2.05) is 20.8 Å². The number of halogens is 5. The van der Waals surface area contributed by atoms with Crippen LogP contribution in [0.15, 0.2) is 63.8 Å². The van der Waals surface area contributed by atoms with Crippen LogP contribution in [0.2, 0.25) is 10.0 Å². The average molecular weight is 700 g/mol. The summed E-state index contributed by atoms with van der Waals surface area (Å²) < 4.78 is 54.7. The Bertz CT molecular complexity index is 1820. The second-order valence-corrected chi connectivity index (χ2v) is 11.7. The molecule has 0 fully saturated rings. The van der Waals surface area contributed by atoms with Gasteiger partial charge in [0.15, 0.2) is 0 Å². The van der Waals surface area contributed by atoms with E-state index in [4.69, 9.17) is 37.1 Å². The quantitative estimate of drug-likeness (QED) is 0.150. The van der Waals surface area contributed by atoms with Crippen molar-refractivity contribution < 1.29 is 36.8 Å². The molecule has 3 aromatic carbocycles. The standard InChI is InChI=1S/C15H11ClF3NO4.C15H19ClN4O3/c1-2-23-14-8-10(4-5-12(14)20(21)22)24-13-6-3-9(7-11(13)16)15(17,18)19;1-15(2,3)12-18-20(14(22)23-12)11-7-6-9(8-10(11)16)17-13(21)19(4)5/h3-8H,2H2,1H3;6-8H,1-5H3,(H,17,21). The van der Waals surface area contributed by atoms with E-state index in [-0.39, 0.29) is 45.6 Å². The largest absolute Gasteiger partial charge is 0.487 e. The third-order valence-electron chi connectivity index (χ3n) is 5.94. The Hall–Kier alpha value is -4.76. The summed E-state index contributed by atoms with van der Waals surface area (Å²) in [6.45, 7) is 7.54. The Morgan fingerprint density at radius 3 is 2.23 bits per heavy atom. The van der Waals surface area contributed by atoms with Crippen molar-refractivity contribution in [2.45, 2.75) is 39.3 Å². The lowest BCUT2D eigenvalue weighted by atomic mass is 9.97. The van der Waals surface area contributed by atoms with E-state index in [1.54, 1.807) is 39.2 Å². The van der Waals surface area contributed by atoms with Crippen LogP contribution >= 0.6 is 23.2 Å². The molecule has 4 aromatic rings. The number of carbonyl (C=O) groups is 1. The van der Waals surface area contributed by atoms with Crippen molar-refractivity contribution in [1.29, 1.82) is 0 Å². The van der Waals surface area contributed by atoms with Crippen LogP contribution in [0.1, 0.15) is 39.1 Å². The van der Waals surface area contributed by atoms with Crippen molar-refractivity contribution in [2.75, 3.05) is 26.0 Å². The zero-order valence-electron chi connectivity index (χ0n) is 25.9. The second-order valence-electron chi connectivity index (χ2n) is 10.9. The zero-order valence-corrected chi connectivity index (χ0v) is 27.5. The van der Waals surface area contributed by atoms with Gasteiger partial charge >= 0.3 is 23.7 Å². The molecule has 252 valence electrons. The predicted molar refractivity (Wildman–Crippen MR) is 169 cm³/mol. The van der Waals surface area contributed by atoms with E-state index >= 15 is 0 Å². The van der Waals surface area contributed by atoms with Gasteiger partial charge in [-0.15, -0.1) is 5.10 Å². The molecule has 0 atom stereocenters. The van der Waals surface area contributed by atoms with E-state index in [0.29, 0.717) is 17.3 Å². The molecule has 4 rings (SSSR count). The van der Waals surface area contributed by atoms with Crippen LogP contribution in [0.25, 0.3) is 5.69 Å². The lowest BCUT2D eigenvalue weighted by Gasteiger charge is -2.13. The van der Waals surface area contributed by atoms with E-state index in [9.17, 15) is 32.9 Å². The van der Waals surface area contributed by atoms with Gasteiger partial charge in [0.05, 0.1) is 32.8 Å². The van der Waals surface area contributed by atoms with Crippen molar-refractivity contribution in [3.05, 3.63) is 96.8 Å². The van der Waals surface area contributed by atoms with Crippen molar-refractivity contribution in [1.82, 2.24) is 14.7 Å². The van der Waals surface area contributed by atoms with Gasteiger partial charge in [0.2, 0.25) is 11.6 Å². The van der Waals surface area contributed by atoms with Gasteiger partial charge in [-0.3, -0.25) is 10.1 Å². The molecule has 47 heavy (non-hydrogen) atoms. The van der Waals surface area contributed by atoms with E-state index < -0.39 is 27.8 Å². The smallest absolute Gasteiger partial charge is 0.442 e. The summed E-state index contributed by atoms with van der Waals surface area (Å²) in [6, 6.07) is 10.9. The monoisotopic (exact) mass is 699 g/mol. The highest BCUT2D eigenvalue weighted by Crippen LogP contribution is 2.38. The highest BCUT2D eigenvalue weighted by atomic mass is 35.5. The molecule has 0 aliphatic rings. The maximum atomic E-state index is 12.6. The van der Waals surface area contributed by atoms with Crippen molar-refractivity contribution in [3.8, 4) is 22.9 Å². The van der Waals surface area contributed by atoms with Crippen LogP contribution in [0.3, 0.4) is 0 Å². The number of anilines is 1. The minimum absolute atomic E-state index is 0.0111. The van der Waals surface area contributed by atoms with Gasteiger partial charge in [-0.25, -0.2) is 9.59 Å². The normalized spacial score (nSPS) is 11.3. The molecule has 0 spiro atoms. The minimum atomic E-state index is -4.52. The molecular weight excluding hydrogens is 670 g/mol. The molecule has 0 saturated heterocycles. The third-order valence-corrected chi connectivity index (χ3v) is 6.54. The van der Waals surface area contributed by atoms with Gasteiger partial charge < -0.3 is 24.1 Å². The highest BCUT2D eigenvalue weighted by Gasteiger charge is 2.31. The Morgan fingerprint density at radius 1 is 1.04 bits per heavy atom. The van der Waals surface area contributed by atoms with Crippen molar-refractivity contribution in [2.24, 2.45) is 0 Å². The number of nitro benzene ring substituents is 1. The molecule has 0 radical (unpaired) electrons. The number of hydrogen-bond acceptors (Lipinski definition) is 8. The summed E-state index contributed by atoms with van der Waals surface area (Å²) in [5, 5.41) is 17.8. The first-order valence-electron chi connectivity index (χ1n) is 13.7. The maximum absolute atomic E-state index is 12.6. The lowest BCUT2D eigenvalue weighted by Crippen LogP contribution is -2.27. The molecule has 0 unspecified atom stereocenters. The molecule has 1 N–H and O–H groups in total. The Balaban J connectivity index is 0.000000256. The SMILES string of the molecule is CCOc1cc(Oc2ccc(C(F)(F)F)cc2Cl)ccc1[N+](=O)[O-].CN(C)C(=O)Nc1ccc(-n2nc(C(C)(C)C)oc2=O)c(Cl)c1. The number of aromatic nitrogens is 2. The number of benzene rings is 3. The average Bonchev–Trinajstić information content (AvgIpc) is 3.36. The molecule has 0 bridgehead atoms. The van der Waals surface area contributed by atoms with Gasteiger partial charge in [0, 0.05) is 37.3 Å². The van der Waals surface area contributed by atoms with Gasteiger partial charge in [-0.05, 0) is 49.4 Å². The number of alkyl halides is 3. The summed E-state index contributed by atoms with van der Waals surface area (Å²) in [4.78, 5) is 35.3. The molecule has 0 aliphatic carbocycles. The van der Waals surface area contributed by atoms with Crippen LogP contribution in [0, 0.1) is 10.1 Å². The van der Waals surface area contributed by atoms with Crippen LogP contribution in [0.4, 0.5) is 29.3 Å². The summed E-state index contributed by atoms with van der Waals surface area (Å²) >= 11 is 12.0. The topological polar surface area (TPSA) is 142 Å². The number of rotatable bonds is 7. The predicted octanol–water partition coefficient (Wildman–Crippen LogP) is 8.33. The number of urea groups is 1. The maximum Gasteiger partial charge on any atom is 0.442 e. The molecule has 2 amide bonds. The molecule has 12 nitrogen and oxygen atoms in total. The Kier molecular flexibility index (Phi) is 11.5. The number of ether oxygens (including phenoxy) is 2. The first-order chi connectivity index (χ1) is 21.8. The molecule has 1 heterocycles. The third kappa shape index (κ3) is 9.62. The van der Waals surface area contributed by atoms with Crippen molar-refractivity contribution in [3.63, 3.8) is 0 Å². The van der Waals surface area contributed by atoms with Crippen LogP contribution in [-0.2, 0) is 11.6 Å². The fraction of sp³-hybridized carbons (Fsp3) is 0.300. The minimum Gasteiger partial charge on any atom is -0.487 e. The van der Waals surface area contributed by atoms with E-state index in [2.05, 4.69) is 10.4 Å². The Labute approximate surface area is 276 Å². The summed E-state index contributed by atoms with van der Waals surface area (Å²) in [6.07, 6.45) is -4.52. The van der Waals surface area contributed by atoms with Crippen LogP contribution in [-0.4, -0.2) is 46.3 Å². The van der Waals surface area contributed by atoms with Gasteiger partial charge in [0.1, 0.15) is 11.5 Å². The molecule has 0 aliphatic heterocycles. The second kappa shape index (κ2) is 14.8. The van der Waals surface area contributed by atoms with Crippen LogP contribution < -0.4 is 20.5 Å². The summed E-state index contributed by atoms with van der Waals surface area (Å²) in [5.41, 5.74) is -0.638. The lowest BCUT2D eigenvalue weighted by molar-refractivity contribution is -0.385. The fourth-order valence-corrected chi connectivity index (χ4v) is 4.07. The fourth-order valence-electron chi connectivity index (χ4n) is 3.59. The van der Waals surface area contributed by atoms with Gasteiger partial charge in [0.25, 0.3) is 0 Å². The molecule has 0 saturated carbocycles. The number of nitrogens with zero attached hydrogens (tertiary/aromatic N) is 4. The molecule has 1 aromatic heterocycles. The number of amides is 2. The summed E-state index contributed by atoms with van der Waals surface area (Å²) in [5.74, 6) is -0.167. The number of nitrogens with one attached hydrogen (secondary N) is 1.